The molecule has 5 heteroatoms. The van der Waals surface area contributed by atoms with E-state index in [0.717, 1.165) is 8.95 Å². The molecule has 106 valence electrons. The Morgan fingerprint density at radius 1 is 1.20 bits per heavy atom. The summed E-state index contributed by atoms with van der Waals surface area (Å²) in [5.74, 6) is -0.242. The summed E-state index contributed by atoms with van der Waals surface area (Å²) in [6.45, 7) is 0. The molecule has 0 aliphatic carbocycles. The van der Waals surface area contributed by atoms with Crippen LogP contribution in [0.25, 0.3) is 0 Å². The minimum absolute atomic E-state index is 0.185. The van der Waals surface area contributed by atoms with Crippen molar-refractivity contribution >= 4 is 31.9 Å². The van der Waals surface area contributed by atoms with Crippen LogP contribution in [-0.2, 0) is 6.42 Å². The summed E-state index contributed by atoms with van der Waals surface area (Å²) in [7, 11) is 1.42. The first-order chi connectivity index (χ1) is 9.51. The maximum Gasteiger partial charge on any atom is 0.168 e. The van der Waals surface area contributed by atoms with Gasteiger partial charge in [0.15, 0.2) is 11.6 Å². The number of aliphatic hydroxyl groups is 1. The largest absolute Gasteiger partial charge is 0.494 e. The molecule has 2 aromatic rings. The van der Waals surface area contributed by atoms with Gasteiger partial charge < -0.3 is 9.84 Å². The van der Waals surface area contributed by atoms with E-state index in [0.29, 0.717) is 11.1 Å². The molecule has 1 atom stereocenters. The SMILES string of the molecule is COc1cccc(CC(O)c2cc(Br)cc(Br)c2)c1F. The number of methoxy groups -OCH3 is 1. The smallest absolute Gasteiger partial charge is 0.168 e. The molecule has 0 heterocycles. The van der Waals surface area contributed by atoms with Gasteiger partial charge in [0.25, 0.3) is 0 Å². The Hall–Kier alpha value is -0.910. The second-order valence-electron chi connectivity index (χ2n) is 4.36. The van der Waals surface area contributed by atoms with E-state index in [2.05, 4.69) is 31.9 Å². The minimum Gasteiger partial charge on any atom is -0.494 e. The first-order valence-corrected chi connectivity index (χ1v) is 7.55. The van der Waals surface area contributed by atoms with E-state index in [1.54, 1.807) is 18.2 Å². The quantitative estimate of drug-likeness (QED) is 0.805. The van der Waals surface area contributed by atoms with E-state index in [-0.39, 0.29) is 12.2 Å². The standard InChI is InChI=1S/C15H13Br2FO2/c1-20-14-4-2-3-9(15(14)18)7-13(19)10-5-11(16)8-12(17)6-10/h2-6,8,13,19H,7H2,1H3. The minimum atomic E-state index is -0.787. The first kappa shape index (κ1) is 15.5. The highest BCUT2D eigenvalue weighted by Gasteiger charge is 2.15. The van der Waals surface area contributed by atoms with Gasteiger partial charge in [-0.1, -0.05) is 44.0 Å². The van der Waals surface area contributed by atoms with Crippen LogP contribution in [0.4, 0.5) is 4.39 Å². The number of ether oxygens (including phenoxy) is 1. The fourth-order valence-electron chi connectivity index (χ4n) is 1.97. The van der Waals surface area contributed by atoms with E-state index in [9.17, 15) is 9.50 Å². The zero-order valence-electron chi connectivity index (χ0n) is 10.7. The fourth-order valence-corrected chi connectivity index (χ4v) is 3.29. The van der Waals surface area contributed by atoms with Crippen molar-refractivity contribution in [2.24, 2.45) is 0 Å². The number of hydrogen-bond acceptors (Lipinski definition) is 2. The van der Waals surface area contributed by atoms with Crippen molar-refractivity contribution in [3.05, 3.63) is 62.3 Å². The van der Waals surface area contributed by atoms with Gasteiger partial charge in [-0.3, -0.25) is 0 Å². The molecule has 0 amide bonds. The Morgan fingerprint density at radius 3 is 2.45 bits per heavy atom. The van der Waals surface area contributed by atoms with Gasteiger partial charge in [0.2, 0.25) is 0 Å². The average Bonchev–Trinajstić information content (AvgIpc) is 2.40. The summed E-state index contributed by atoms with van der Waals surface area (Å²) < 4.78 is 20.7. The predicted molar refractivity (Wildman–Crippen MR) is 83.5 cm³/mol. The molecule has 0 radical (unpaired) electrons. The van der Waals surface area contributed by atoms with Gasteiger partial charge in [0.1, 0.15) is 0 Å². The van der Waals surface area contributed by atoms with Crippen LogP contribution in [0.15, 0.2) is 45.3 Å². The van der Waals surface area contributed by atoms with E-state index < -0.39 is 11.9 Å². The highest BCUT2D eigenvalue weighted by Crippen LogP contribution is 2.28. The molecule has 0 fully saturated rings. The molecule has 20 heavy (non-hydrogen) atoms. The molecule has 1 N–H and O–H groups in total. The van der Waals surface area contributed by atoms with Crippen molar-refractivity contribution in [3.63, 3.8) is 0 Å². The Bertz CT molecular complexity index is 597. The third-order valence-corrected chi connectivity index (χ3v) is 3.86. The van der Waals surface area contributed by atoms with E-state index >= 15 is 0 Å². The summed E-state index contributed by atoms with van der Waals surface area (Å²) in [4.78, 5) is 0. The van der Waals surface area contributed by atoms with Crippen LogP contribution in [0, 0.1) is 5.82 Å². The lowest BCUT2D eigenvalue weighted by Crippen LogP contribution is -2.04. The molecule has 0 saturated heterocycles. The van der Waals surface area contributed by atoms with Crippen molar-refractivity contribution in [3.8, 4) is 5.75 Å². The molecule has 2 aromatic carbocycles. The highest BCUT2D eigenvalue weighted by molar-refractivity contribution is 9.11. The second kappa shape index (κ2) is 6.70. The van der Waals surface area contributed by atoms with Crippen LogP contribution < -0.4 is 4.74 Å². The Labute approximate surface area is 133 Å². The van der Waals surface area contributed by atoms with Crippen molar-refractivity contribution < 1.29 is 14.2 Å². The third-order valence-electron chi connectivity index (χ3n) is 2.95. The third kappa shape index (κ3) is 3.59. The first-order valence-electron chi connectivity index (χ1n) is 5.96. The molecule has 2 rings (SSSR count). The molecule has 2 nitrogen and oxygen atoms in total. The maximum absolute atomic E-state index is 14.1. The van der Waals surface area contributed by atoms with Crippen LogP contribution in [-0.4, -0.2) is 12.2 Å². The number of aliphatic hydroxyl groups excluding tert-OH is 1. The molecular weight excluding hydrogens is 391 g/mol. The summed E-state index contributed by atoms with van der Waals surface area (Å²) in [5.41, 5.74) is 1.14. The number of halogens is 3. The predicted octanol–water partition coefficient (Wildman–Crippen LogP) is 4.64. The second-order valence-corrected chi connectivity index (χ2v) is 6.19. The zero-order valence-corrected chi connectivity index (χ0v) is 13.9. The molecule has 0 aromatic heterocycles. The molecule has 0 aliphatic rings. The summed E-state index contributed by atoms with van der Waals surface area (Å²) in [5, 5.41) is 10.3. The molecule has 0 spiro atoms. The lowest BCUT2D eigenvalue weighted by atomic mass is 10.0. The van der Waals surface area contributed by atoms with Gasteiger partial charge in [0.05, 0.1) is 13.2 Å². The van der Waals surface area contributed by atoms with Crippen LogP contribution in [0.3, 0.4) is 0 Å². The van der Waals surface area contributed by atoms with Crippen molar-refractivity contribution in [1.29, 1.82) is 0 Å². The molecule has 0 bridgehead atoms. The van der Waals surface area contributed by atoms with Gasteiger partial charge in [-0.25, -0.2) is 4.39 Å². The number of rotatable bonds is 4. The van der Waals surface area contributed by atoms with Crippen molar-refractivity contribution in [2.75, 3.05) is 7.11 Å². The van der Waals surface area contributed by atoms with Crippen LogP contribution in [0.5, 0.6) is 5.75 Å². The molecule has 0 saturated carbocycles. The van der Waals surface area contributed by atoms with E-state index in [4.69, 9.17) is 4.74 Å². The monoisotopic (exact) mass is 402 g/mol. The summed E-state index contributed by atoms with van der Waals surface area (Å²) in [6, 6.07) is 10.4. The van der Waals surface area contributed by atoms with Gasteiger partial charge in [0, 0.05) is 15.4 Å². The molecule has 1 unspecified atom stereocenters. The summed E-state index contributed by atoms with van der Waals surface area (Å²) >= 11 is 6.74. The number of benzene rings is 2. The van der Waals surface area contributed by atoms with E-state index in [1.807, 2.05) is 18.2 Å². The average molecular weight is 404 g/mol. The normalized spacial score (nSPS) is 12.2. The van der Waals surface area contributed by atoms with Crippen LogP contribution in [0.2, 0.25) is 0 Å². The van der Waals surface area contributed by atoms with E-state index in [1.165, 1.54) is 7.11 Å². The van der Waals surface area contributed by atoms with Gasteiger partial charge in [-0.2, -0.15) is 0 Å². The Morgan fingerprint density at radius 2 is 1.85 bits per heavy atom. The molecular formula is C15H13Br2FO2. The summed E-state index contributed by atoms with van der Waals surface area (Å²) in [6.07, 6.45) is -0.600. The lowest BCUT2D eigenvalue weighted by Gasteiger charge is -2.14. The van der Waals surface area contributed by atoms with Crippen LogP contribution in [0.1, 0.15) is 17.2 Å². The van der Waals surface area contributed by atoms with Gasteiger partial charge >= 0.3 is 0 Å². The van der Waals surface area contributed by atoms with Crippen LogP contribution >= 0.6 is 31.9 Å². The topological polar surface area (TPSA) is 29.5 Å². The lowest BCUT2D eigenvalue weighted by molar-refractivity contribution is 0.176. The molecule has 0 aliphatic heterocycles. The Kier molecular flexibility index (Phi) is 5.18. The Balaban J connectivity index is 2.25. The highest BCUT2D eigenvalue weighted by atomic mass is 79.9. The van der Waals surface area contributed by atoms with Gasteiger partial charge in [-0.05, 0) is 35.4 Å². The van der Waals surface area contributed by atoms with Gasteiger partial charge in [-0.15, -0.1) is 0 Å². The zero-order chi connectivity index (χ0) is 14.7. The fraction of sp³-hybridized carbons (Fsp3) is 0.200. The van der Waals surface area contributed by atoms with Crippen molar-refractivity contribution in [2.45, 2.75) is 12.5 Å². The van der Waals surface area contributed by atoms with Crippen molar-refractivity contribution in [1.82, 2.24) is 0 Å². The number of hydrogen-bond donors (Lipinski definition) is 1. The maximum atomic E-state index is 14.1.